The molecule has 0 spiro atoms. The summed E-state index contributed by atoms with van der Waals surface area (Å²) in [6, 6.07) is 14.6. The van der Waals surface area contributed by atoms with E-state index >= 15 is 0 Å². The van der Waals surface area contributed by atoms with E-state index in [4.69, 9.17) is 4.74 Å². The summed E-state index contributed by atoms with van der Waals surface area (Å²) in [5.74, 6) is 0.641. The number of ether oxygens (including phenoxy) is 1. The maximum absolute atomic E-state index is 12.9. The first kappa shape index (κ1) is 18.7. The topological polar surface area (TPSA) is 49.9 Å². The number of rotatable bonds is 6. The van der Waals surface area contributed by atoms with Crippen LogP contribution in [0.15, 0.2) is 53.4 Å². The summed E-state index contributed by atoms with van der Waals surface area (Å²) in [6.45, 7) is 2.42. The van der Waals surface area contributed by atoms with Crippen molar-refractivity contribution in [2.45, 2.75) is 30.7 Å². The Bertz CT molecular complexity index is 828. The largest absolute Gasteiger partial charge is 0.497 e. The Labute approximate surface area is 156 Å². The van der Waals surface area contributed by atoms with Crippen molar-refractivity contribution in [1.29, 1.82) is 0 Å². The number of sulfonamides is 1. The molecule has 0 aliphatic carbocycles. The van der Waals surface area contributed by atoms with Gasteiger partial charge in [0.05, 0.1) is 12.0 Å². The van der Waals surface area contributed by atoms with Crippen molar-refractivity contribution in [3.63, 3.8) is 0 Å². The molecule has 2 aromatic rings. The minimum atomic E-state index is -3.55. The summed E-state index contributed by atoms with van der Waals surface area (Å²) in [5, 5.41) is 0. The highest BCUT2D eigenvalue weighted by Crippen LogP contribution is 2.27. The van der Waals surface area contributed by atoms with Crippen LogP contribution < -0.4 is 9.64 Å². The van der Waals surface area contributed by atoms with E-state index in [2.05, 4.69) is 11.0 Å². The lowest BCUT2D eigenvalue weighted by Gasteiger charge is -2.31. The average molecular weight is 375 g/mol. The first-order valence-corrected chi connectivity index (χ1v) is 10.4. The molecule has 0 saturated carbocycles. The van der Waals surface area contributed by atoms with Gasteiger partial charge in [0.15, 0.2) is 0 Å². The van der Waals surface area contributed by atoms with Gasteiger partial charge in [0.2, 0.25) is 10.0 Å². The molecule has 0 amide bonds. The molecule has 5 nitrogen and oxygen atoms in total. The van der Waals surface area contributed by atoms with Crippen LogP contribution in [0, 0.1) is 0 Å². The summed E-state index contributed by atoms with van der Waals surface area (Å²) >= 11 is 0. The predicted molar refractivity (Wildman–Crippen MR) is 104 cm³/mol. The van der Waals surface area contributed by atoms with Crippen LogP contribution in [-0.2, 0) is 16.6 Å². The smallest absolute Gasteiger partial charge is 0.243 e. The zero-order valence-corrected chi connectivity index (χ0v) is 16.2. The number of anilines is 1. The van der Waals surface area contributed by atoms with Crippen molar-refractivity contribution in [1.82, 2.24) is 4.31 Å². The summed E-state index contributed by atoms with van der Waals surface area (Å²) in [5.41, 5.74) is 2.18. The molecular weight excluding hydrogens is 348 g/mol. The monoisotopic (exact) mass is 374 g/mol. The predicted octanol–water partition coefficient (Wildman–Crippen LogP) is 3.51. The molecule has 1 aliphatic heterocycles. The lowest BCUT2D eigenvalue weighted by Crippen LogP contribution is -2.32. The molecule has 0 unspecified atom stereocenters. The van der Waals surface area contributed by atoms with E-state index in [1.165, 1.54) is 23.6 Å². The van der Waals surface area contributed by atoms with Gasteiger partial charge in [-0.3, -0.25) is 0 Å². The van der Waals surface area contributed by atoms with E-state index in [1.54, 1.807) is 38.4 Å². The molecular formula is C20H26N2O3S. The Balaban J connectivity index is 1.81. The maximum Gasteiger partial charge on any atom is 0.243 e. The Hall–Kier alpha value is -2.05. The summed E-state index contributed by atoms with van der Waals surface area (Å²) in [7, 11) is -0.356. The second-order valence-electron chi connectivity index (χ2n) is 6.61. The third-order valence-electron chi connectivity index (χ3n) is 4.85. The zero-order valence-electron chi connectivity index (χ0n) is 15.4. The summed E-state index contributed by atoms with van der Waals surface area (Å²) in [6.07, 6.45) is 3.65. The molecule has 6 heteroatoms. The van der Waals surface area contributed by atoms with Gasteiger partial charge < -0.3 is 9.64 Å². The van der Waals surface area contributed by atoms with Crippen LogP contribution in [-0.4, -0.2) is 40.0 Å². The molecule has 1 saturated heterocycles. The van der Waals surface area contributed by atoms with Gasteiger partial charge in [-0.25, -0.2) is 8.42 Å². The second-order valence-corrected chi connectivity index (χ2v) is 8.66. The first-order chi connectivity index (χ1) is 12.5. The van der Waals surface area contributed by atoms with Gasteiger partial charge in [0.25, 0.3) is 0 Å². The van der Waals surface area contributed by atoms with E-state index in [9.17, 15) is 8.42 Å². The zero-order chi connectivity index (χ0) is 18.6. The van der Waals surface area contributed by atoms with Crippen LogP contribution in [0.3, 0.4) is 0 Å². The molecule has 0 radical (unpaired) electrons. The van der Waals surface area contributed by atoms with Crippen LogP contribution in [0.2, 0.25) is 0 Å². The molecule has 0 bridgehead atoms. The molecule has 1 fully saturated rings. The molecule has 2 aromatic carbocycles. The Kier molecular flexibility index (Phi) is 5.84. The van der Waals surface area contributed by atoms with Crippen molar-refractivity contribution in [2.75, 3.05) is 32.1 Å². The van der Waals surface area contributed by atoms with Crippen LogP contribution in [0.1, 0.15) is 24.8 Å². The average Bonchev–Trinajstić information content (AvgIpc) is 2.69. The van der Waals surface area contributed by atoms with Crippen LogP contribution in [0.4, 0.5) is 5.69 Å². The first-order valence-electron chi connectivity index (χ1n) is 8.95. The minimum absolute atomic E-state index is 0.274. The number of hydrogen-bond donors (Lipinski definition) is 0. The number of piperidine rings is 1. The van der Waals surface area contributed by atoms with Crippen molar-refractivity contribution in [2.24, 2.45) is 0 Å². The number of methoxy groups -OCH3 is 1. The normalized spacial score (nSPS) is 15.3. The highest BCUT2D eigenvalue weighted by molar-refractivity contribution is 7.89. The van der Waals surface area contributed by atoms with E-state index in [-0.39, 0.29) is 4.90 Å². The Morgan fingerprint density at radius 3 is 2.31 bits per heavy atom. The highest BCUT2D eigenvalue weighted by atomic mass is 32.2. The van der Waals surface area contributed by atoms with Crippen molar-refractivity contribution in [3.8, 4) is 5.75 Å². The SMILES string of the molecule is COc1ccc(S(=O)(=O)N(C)Cc2ccccc2N2CCCCC2)cc1. The summed E-state index contributed by atoms with van der Waals surface area (Å²) < 4.78 is 32.3. The number of hydrogen-bond acceptors (Lipinski definition) is 4. The molecule has 26 heavy (non-hydrogen) atoms. The molecule has 0 atom stereocenters. The van der Waals surface area contributed by atoms with Crippen molar-refractivity contribution < 1.29 is 13.2 Å². The maximum atomic E-state index is 12.9. The molecule has 0 N–H and O–H groups in total. The number of nitrogens with zero attached hydrogens (tertiary/aromatic N) is 2. The summed E-state index contributed by atoms with van der Waals surface area (Å²) in [4.78, 5) is 2.64. The standard InChI is InChI=1S/C20H26N2O3S/c1-21(26(23,24)19-12-10-18(25-2)11-13-19)16-17-8-4-5-9-20(17)22-14-6-3-7-15-22/h4-5,8-13H,3,6-7,14-16H2,1-2H3. The number of para-hydroxylation sites is 1. The van der Waals surface area contributed by atoms with Crippen molar-refractivity contribution in [3.05, 3.63) is 54.1 Å². The van der Waals surface area contributed by atoms with Gasteiger partial charge in [-0.15, -0.1) is 0 Å². The second kappa shape index (κ2) is 8.10. The fourth-order valence-electron chi connectivity index (χ4n) is 3.34. The fourth-order valence-corrected chi connectivity index (χ4v) is 4.49. The Morgan fingerprint density at radius 1 is 1.00 bits per heavy atom. The van der Waals surface area contributed by atoms with E-state index in [0.717, 1.165) is 24.3 Å². The minimum Gasteiger partial charge on any atom is -0.497 e. The fraction of sp³-hybridized carbons (Fsp3) is 0.400. The molecule has 1 aliphatic rings. The number of benzene rings is 2. The Morgan fingerprint density at radius 2 is 1.65 bits per heavy atom. The molecule has 0 aromatic heterocycles. The third kappa shape index (κ3) is 4.02. The van der Waals surface area contributed by atoms with Crippen molar-refractivity contribution >= 4 is 15.7 Å². The van der Waals surface area contributed by atoms with Gasteiger partial charge in [0, 0.05) is 32.4 Å². The van der Waals surface area contributed by atoms with E-state index in [1.807, 2.05) is 18.2 Å². The van der Waals surface area contributed by atoms with Crippen LogP contribution in [0.25, 0.3) is 0 Å². The molecule has 3 rings (SSSR count). The van der Waals surface area contributed by atoms with Gasteiger partial charge in [-0.2, -0.15) is 4.31 Å². The molecule has 140 valence electrons. The van der Waals surface area contributed by atoms with Gasteiger partial charge in [-0.1, -0.05) is 18.2 Å². The van der Waals surface area contributed by atoms with E-state index in [0.29, 0.717) is 12.3 Å². The lowest BCUT2D eigenvalue weighted by molar-refractivity contribution is 0.414. The third-order valence-corrected chi connectivity index (χ3v) is 6.67. The van der Waals surface area contributed by atoms with Gasteiger partial charge in [0.1, 0.15) is 5.75 Å². The van der Waals surface area contributed by atoms with Crippen LogP contribution >= 0.6 is 0 Å². The van der Waals surface area contributed by atoms with Gasteiger partial charge in [-0.05, 0) is 55.2 Å². The lowest BCUT2D eigenvalue weighted by atomic mass is 10.1. The van der Waals surface area contributed by atoms with Crippen LogP contribution in [0.5, 0.6) is 5.75 Å². The van der Waals surface area contributed by atoms with E-state index < -0.39 is 10.0 Å². The van der Waals surface area contributed by atoms with Gasteiger partial charge >= 0.3 is 0 Å². The quantitative estimate of drug-likeness (QED) is 0.776. The molecule has 1 heterocycles. The highest BCUT2D eigenvalue weighted by Gasteiger charge is 2.23.